The number of thioether (sulfide) groups is 3. The molecule has 18 atom stereocenters. The van der Waals surface area contributed by atoms with E-state index in [2.05, 4.69) is 76.8 Å². The minimum atomic E-state index is -3.43. The highest BCUT2D eigenvalue weighted by Crippen LogP contribution is 2.48. The topological polar surface area (TPSA) is 415 Å². The Bertz CT molecular complexity index is 5750. The molecule has 108 heavy (non-hydrogen) atoms. The van der Waals surface area contributed by atoms with Crippen LogP contribution in [-0.4, -0.2) is 250 Å². The number of hydrogen-bond acceptors (Lipinski definition) is 30. The third-order valence-corrected chi connectivity index (χ3v) is 20.9. The Labute approximate surface area is 665 Å². The van der Waals surface area contributed by atoms with Crippen LogP contribution >= 0.6 is 35.3 Å². The van der Waals surface area contributed by atoms with Crippen LogP contribution in [0.25, 0.3) is 33.5 Å². The molecule has 6 aliphatic carbocycles. The fraction of sp³-hybridized carbons (Fsp3) is 0.583. The molecule has 9 aromatic rings. The van der Waals surface area contributed by atoms with Gasteiger partial charge in [-0.15, -0.1) is 15.3 Å². The third-order valence-electron chi connectivity index (χ3n) is 18.9. The van der Waals surface area contributed by atoms with E-state index in [1.165, 1.54) is 27.6 Å². The summed E-state index contributed by atoms with van der Waals surface area (Å²) < 4.78 is 245. The summed E-state index contributed by atoms with van der Waals surface area (Å²) in [5.74, 6) is -4.87. The number of aromatic nitrogens is 15. The van der Waals surface area contributed by atoms with Gasteiger partial charge >= 0.3 is 0 Å². The lowest BCUT2D eigenvalue weighted by atomic mass is 10.1. The number of nitrogens with zero attached hydrogens (tertiary/aromatic N) is 15. The number of aliphatic hydroxyl groups is 9. The molecule has 12 N–H and O–H groups in total. The Morgan fingerprint density at radius 1 is 0.454 bits per heavy atom. The molecule has 6 aliphatic rings. The second kappa shape index (κ2) is 35.1. The molecule has 6 heterocycles. The van der Waals surface area contributed by atoms with Crippen molar-refractivity contribution in [1.29, 1.82) is 0 Å². The number of rotatable bonds is 30. The number of hydrogen-bond donors (Lipinski definition) is 12. The van der Waals surface area contributed by atoms with Crippen LogP contribution in [0.15, 0.2) is 70.1 Å². The van der Waals surface area contributed by atoms with Crippen LogP contribution in [-0.2, 0) is 14.2 Å². The van der Waals surface area contributed by atoms with Crippen molar-refractivity contribution in [2.75, 3.05) is 72.5 Å². The second-order valence-electron chi connectivity index (χ2n) is 25.9. The smallest absolute Gasteiger partial charge is 0.191 e. The van der Waals surface area contributed by atoms with Crippen LogP contribution < -0.4 is 16.0 Å². The fourth-order valence-electron chi connectivity index (χ4n) is 13.0. The van der Waals surface area contributed by atoms with Crippen LogP contribution in [0.3, 0.4) is 0 Å². The van der Waals surface area contributed by atoms with Crippen LogP contribution in [0.1, 0.15) is 179 Å². The van der Waals surface area contributed by atoms with Crippen molar-refractivity contribution in [3.63, 3.8) is 0 Å². The van der Waals surface area contributed by atoms with Gasteiger partial charge in [-0.2, -0.15) is 0 Å². The number of aliphatic hydroxyl groups excluding tert-OH is 7. The molecule has 0 unspecified atom stereocenters. The second-order valence-corrected chi connectivity index (χ2v) is 28.2. The average Bonchev–Trinajstić information content (AvgIpc) is 1.58. The molecule has 0 amide bonds. The highest BCUT2D eigenvalue weighted by molar-refractivity contribution is 7.99. The van der Waals surface area contributed by atoms with Crippen LogP contribution in [0.4, 0.5) is 30.6 Å². The molecule has 6 saturated carbocycles. The van der Waals surface area contributed by atoms with Gasteiger partial charge in [0.15, 0.2) is 66.4 Å². The first kappa shape index (κ1) is 54.5. The minimum absolute atomic E-state index is 0.00133. The Kier molecular flexibility index (Phi) is 17.7. The Morgan fingerprint density at radius 3 is 1.07 bits per heavy atom. The van der Waals surface area contributed by atoms with Crippen molar-refractivity contribution in [3.8, 4) is 0 Å². The predicted molar refractivity (Wildman–Crippen MR) is 398 cm³/mol. The zero-order valence-electron chi connectivity index (χ0n) is 81.3. The van der Waals surface area contributed by atoms with Crippen molar-refractivity contribution in [1.82, 2.24) is 74.9 Å². The number of halogens is 3. The van der Waals surface area contributed by atoms with Gasteiger partial charge < -0.3 is 76.1 Å². The summed E-state index contributed by atoms with van der Waals surface area (Å²) in [7, 11) is 0. The Balaban J connectivity index is 0.000000167. The summed E-state index contributed by atoms with van der Waals surface area (Å²) in [4.78, 5) is 26.1. The minimum Gasteiger partial charge on any atom is -0.394 e. The van der Waals surface area contributed by atoms with Crippen LogP contribution in [0.5, 0.6) is 0 Å². The number of aryl methyl sites for hydroxylation is 3. The zero-order valence-corrected chi connectivity index (χ0v) is 60.8. The van der Waals surface area contributed by atoms with E-state index in [1.54, 1.807) is 57.2 Å². The molecule has 6 aromatic heterocycles. The molecule has 30 nitrogen and oxygen atoms in total. The number of ether oxygens (including phenoxy) is 3. The van der Waals surface area contributed by atoms with Gasteiger partial charge in [0.1, 0.15) is 54.1 Å². The predicted octanol–water partition coefficient (Wildman–Crippen LogP) is 6.55. The standard InChI is InChI=1S/3C24H31FN6O4S/c3*1-3-8-36-24-27-22(26-16-10-14(16)13-5-4-12(2)15(25)9-13)19-23(28-24)31(30-29-19)17-11-18(35-7-6-32)21(34)20(17)33/h3*4-5,9,14,16-18,20-21,32-34H,3,6-8,10-11H2,1-2H3,(H,26,27,28)/t3*14-,16+,17+,18-,20-,21+/m000/s1/i3D2,6D2,7D2,8D2,14D;3D2,7D2,8D2,14D;3D2,6D2,8D2,14D. The molecular formula is C72H93F3N18O12S3. The van der Waals surface area contributed by atoms with Gasteiger partial charge in [0.25, 0.3) is 0 Å². The molecule has 36 heteroatoms. The molecule has 0 bridgehead atoms. The maximum absolute atomic E-state index is 14.3. The monoisotopic (exact) mass is 1580 g/mol. The van der Waals surface area contributed by atoms with Crippen molar-refractivity contribution in [2.45, 2.75) is 224 Å². The highest BCUT2D eigenvalue weighted by Gasteiger charge is 2.49. The summed E-state index contributed by atoms with van der Waals surface area (Å²) in [5.41, 5.74) is -4.75. The number of benzene rings is 3. The van der Waals surface area contributed by atoms with Crippen molar-refractivity contribution in [2.24, 2.45) is 0 Å². The van der Waals surface area contributed by atoms with Gasteiger partial charge in [-0.1, -0.05) is 108 Å². The van der Waals surface area contributed by atoms with Crippen LogP contribution in [0, 0.1) is 38.2 Å². The summed E-state index contributed by atoms with van der Waals surface area (Å²) in [6.45, 7) is -5.51. The maximum atomic E-state index is 14.3. The number of nitrogens with one attached hydrogen (secondary N) is 3. The Morgan fingerprint density at radius 2 is 0.778 bits per heavy atom. The lowest BCUT2D eigenvalue weighted by Gasteiger charge is -2.17. The van der Waals surface area contributed by atoms with Gasteiger partial charge in [-0.3, -0.25) is 0 Å². The normalized spacial score (nSPS) is 34.1. The molecule has 0 spiro atoms. The average molecular weight is 1580 g/mol. The first-order valence-corrected chi connectivity index (χ1v) is 36.3. The van der Waals surface area contributed by atoms with Crippen molar-refractivity contribution >= 4 is 86.2 Å². The van der Waals surface area contributed by atoms with Crippen molar-refractivity contribution < 1.29 is 105 Å². The Hall–Kier alpha value is -7.14. The molecular weight excluding hydrogens is 1460 g/mol. The van der Waals surface area contributed by atoms with Gasteiger partial charge in [-0.05, 0) is 111 Å². The van der Waals surface area contributed by atoms with Crippen LogP contribution in [0.2, 0.25) is 0 Å². The van der Waals surface area contributed by atoms with E-state index in [0.29, 0.717) is 75.1 Å². The van der Waals surface area contributed by atoms with Gasteiger partial charge in [0.2, 0.25) is 0 Å². The maximum Gasteiger partial charge on any atom is 0.191 e. The van der Waals surface area contributed by atoms with E-state index in [9.17, 15) is 59.1 Å². The summed E-state index contributed by atoms with van der Waals surface area (Å²) in [6, 6.07) is 8.77. The molecule has 6 fully saturated rings. The molecule has 3 aromatic carbocycles. The van der Waals surface area contributed by atoms with E-state index >= 15 is 0 Å². The van der Waals surface area contributed by atoms with E-state index in [0.717, 1.165) is 25.5 Å². The SMILES string of the molecule is [2H]C([2H])(C)C([2H])([2H])Sc1nc(N[C@@H]2C[C@@]2([2H])c2ccc(C)c(F)c2)c2nnn([C@@H]3C[C@H](OC([2H])([2H])C([2H])([2H])O)[C@@H](O)[C@H]3O)c2n1.[2H]C([2H])(CO)O[C@H]1C[C@@H](n2nnc3c(N[C@@H]4C[C@@]4([2H])c4ccc(C)c(F)c4)nc(SC([2H])([2H])C([2H])([2H])C)nc32)[C@H](O)[C@@H]1O.[2H]C([2H])(O)CO[C@H]1C[C@@H](n2nnc3c(N[C@@H]4C[C@@]4([2H])c4ccc(C)c(F)c4)nc(SC([2H])([2H])C([2H])([2H])C)nc32)[C@H](O)[C@@H]1O. The fourth-order valence-corrected chi connectivity index (χ4v) is 14.4. The van der Waals surface area contributed by atoms with E-state index < -0.39 is 202 Å². The summed E-state index contributed by atoms with van der Waals surface area (Å²) in [6.07, 6.45) is -19.8. The van der Waals surface area contributed by atoms with Crippen molar-refractivity contribution in [3.05, 3.63) is 105 Å². The van der Waals surface area contributed by atoms with Gasteiger partial charge in [0.05, 0.1) is 86.9 Å². The molecule has 0 saturated heterocycles. The highest BCUT2D eigenvalue weighted by atomic mass is 32.2. The third kappa shape index (κ3) is 17.5. The molecule has 15 rings (SSSR count). The lowest BCUT2D eigenvalue weighted by Crippen LogP contribution is -2.33. The lowest BCUT2D eigenvalue weighted by molar-refractivity contribution is -0.0629. The molecule has 0 aliphatic heterocycles. The van der Waals surface area contributed by atoms with E-state index in [1.807, 2.05) is 0 Å². The molecule has 582 valence electrons. The van der Waals surface area contributed by atoms with E-state index in [4.69, 9.17) is 45.7 Å². The zero-order chi connectivity index (χ0) is 96.9. The largest absolute Gasteiger partial charge is 0.394 e. The first-order valence-electron chi connectivity index (χ1n) is 45.4. The van der Waals surface area contributed by atoms with Gasteiger partial charge in [-0.25, -0.2) is 57.1 Å². The van der Waals surface area contributed by atoms with E-state index in [-0.39, 0.29) is 98.5 Å². The molecule has 0 radical (unpaired) electrons. The first-order chi connectivity index (χ1) is 60.2. The number of anilines is 3. The quantitative estimate of drug-likeness (QED) is 0.0168. The summed E-state index contributed by atoms with van der Waals surface area (Å²) in [5, 5.41) is 126. The summed E-state index contributed by atoms with van der Waals surface area (Å²) >= 11 is 1.21. The van der Waals surface area contributed by atoms with Gasteiger partial charge in [0, 0.05) is 92.7 Å². The number of fused-ring (bicyclic) bond motifs is 3.